The lowest BCUT2D eigenvalue weighted by molar-refractivity contribution is -0.127. The van der Waals surface area contributed by atoms with E-state index in [9.17, 15) is 40.5 Å². The summed E-state index contributed by atoms with van der Waals surface area (Å²) >= 11 is 0.743. The van der Waals surface area contributed by atoms with E-state index in [4.69, 9.17) is 5.21 Å². The number of carbonyl (C=O) groups excluding carboxylic acids is 1. The molecule has 0 saturated heterocycles. The Morgan fingerprint density at radius 1 is 0.889 bits per heavy atom. The highest BCUT2D eigenvalue weighted by Gasteiger charge is 2.23. The number of aromatic hydroxyl groups is 5. The van der Waals surface area contributed by atoms with Gasteiger partial charge in [-0.3, -0.25) is 10.0 Å². The molecule has 0 radical (unpaired) electrons. The maximum atomic E-state index is 11.1. The van der Waals surface area contributed by atoms with Crippen molar-refractivity contribution >= 4 is 29.3 Å². The number of benzene rings is 2. The molecule has 2 aromatic carbocycles. The Labute approximate surface area is 155 Å². The number of hydroxylamine groups is 1. The van der Waals surface area contributed by atoms with Gasteiger partial charge < -0.3 is 40.5 Å². The highest BCUT2D eigenvalue weighted by atomic mass is 32.2. The van der Waals surface area contributed by atoms with Crippen molar-refractivity contribution in [2.24, 2.45) is 0 Å². The lowest BCUT2D eigenvalue weighted by Crippen LogP contribution is -2.21. The summed E-state index contributed by atoms with van der Waals surface area (Å²) in [7, 11) is 0. The molecule has 2 rings (SSSR count). The quantitative estimate of drug-likeness (QED) is 0.0666. The summed E-state index contributed by atoms with van der Waals surface area (Å²) < 4.78 is 2.44. The van der Waals surface area contributed by atoms with E-state index in [2.05, 4.69) is 4.72 Å². The van der Waals surface area contributed by atoms with Crippen LogP contribution in [0.4, 0.5) is 5.69 Å². The molecule has 0 fully saturated rings. The smallest absolute Gasteiger partial charge is 0.313 e. The normalized spacial score (nSPS) is 11.6. The predicted molar refractivity (Wildman–Crippen MR) is 92.8 cm³/mol. The number of hydrogen-bond donors (Lipinski definition) is 10. The van der Waals surface area contributed by atoms with Crippen LogP contribution in [0.5, 0.6) is 28.7 Å². The van der Waals surface area contributed by atoms with E-state index < -0.39 is 51.9 Å². The lowest BCUT2D eigenvalue weighted by atomic mass is 10.1. The summed E-state index contributed by atoms with van der Waals surface area (Å²) in [5.41, 5.74) is 0.650. The van der Waals surface area contributed by atoms with Crippen LogP contribution in [0.3, 0.4) is 0 Å². The van der Waals surface area contributed by atoms with Crippen LogP contribution in [0.2, 0.25) is 0 Å². The molecule has 12 heteroatoms. The van der Waals surface area contributed by atoms with Crippen LogP contribution in [0.1, 0.15) is 5.56 Å². The Morgan fingerprint density at radius 3 is 2.00 bits per heavy atom. The third-order valence-electron chi connectivity index (χ3n) is 3.29. The van der Waals surface area contributed by atoms with Crippen LogP contribution in [0.15, 0.2) is 34.9 Å². The first-order valence-corrected chi connectivity index (χ1v) is 7.79. The fourth-order valence-corrected chi connectivity index (χ4v) is 2.64. The third-order valence-corrected chi connectivity index (χ3v) is 4.09. The average Bonchev–Trinajstić information content (AvgIpc) is 2.69. The van der Waals surface area contributed by atoms with Crippen molar-refractivity contribution in [1.29, 1.82) is 0 Å². The summed E-state index contributed by atoms with van der Waals surface area (Å²) in [5, 5.41) is 75.6. The molecule has 0 heterocycles. The molecule has 0 unspecified atom stereocenters. The monoisotopic (exact) mass is 398 g/mol. The number of aliphatic hydroxyl groups is 2. The minimum atomic E-state index is -1.33. The number of carbonyl (C=O) groups is 1. The van der Waals surface area contributed by atoms with Crippen molar-refractivity contribution < 1.29 is 45.7 Å². The van der Waals surface area contributed by atoms with E-state index in [0.29, 0.717) is 4.90 Å². The first-order chi connectivity index (χ1) is 12.7. The van der Waals surface area contributed by atoms with E-state index in [1.165, 1.54) is 24.3 Å². The van der Waals surface area contributed by atoms with Gasteiger partial charge in [0.1, 0.15) is 5.69 Å². The second-order valence-electron chi connectivity index (χ2n) is 4.99. The summed E-state index contributed by atoms with van der Waals surface area (Å²) in [6.07, 6.45) is 0. The zero-order chi connectivity index (χ0) is 20.3. The van der Waals surface area contributed by atoms with E-state index in [1.807, 2.05) is 0 Å². The van der Waals surface area contributed by atoms with Crippen molar-refractivity contribution in [1.82, 2.24) is 5.48 Å². The highest BCUT2D eigenvalue weighted by molar-refractivity contribution is 8.00. The molecule has 1 amide bonds. The molecule has 0 aromatic heterocycles. The van der Waals surface area contributed by atoms with Crippen molar-refractivity contribution in [3.8, 4) is 28.7 Å². The number of rotatable bonds is 5. The van der Waals surface area contributed by atoms with Crippen molar-refractivity contribution in [2.45, 2.75) is 4.90 Å². The zero-order valence-corrected chi connectivity index (χ0v) is 14.0. The first kappa shape index (κ1) is 19.7. The summed E-state index contributed by atoms with van der Waals surface area (Å²) in [5.74, 6) is -8.34. The molecule has 0 aliphatic heterocycles. The van der Waals surface area contributed by atoms with Gasteiger partial charge in [0.2, 0.25) is 23.0 Å². The summed E-state index contributed by atoms with van der Waals surface area (Å²) in [4.78, 5) is 11.5. The second-order valence-corrected chi connectivity index (χ2v) is 5.87. The summed E-state index contributed by atoms with van der Waals surface area (Å²) in [6.45, 7) is 0. The van der Waals surface area contributed by atoms with E-state index in [1.54, 1.807) is 0 Å². The first-order valence-electron chi connectivity index (χ1n) is 6.97. The van der Waals surface area contributed by atoms with Crippen LogP contribution in [-0.2, 0) is 4.79 Å². The minimum Gasteiger partial charge on any atom is -0.504 e. The Hall–Kier alpha value is -3.64. The molecule has 0 saturated carbocycles. The maximum absolute atomic E-state index is 11.1. The van der Waals surface area contributed by atoms with E-state index >= 15 is 0 Å². The van der Waals surface area contributed by atoms with E-state index in [0.717, 1.165) is 17.4 Å². The molecular weight excluding hydrogens is 384 g/mol. The van der Waals surface area contributed by atoms with Gasteiger partial charge in [0.15, 0.2) is 17.3 Å². The summed E-state index contributed by atoms with van der Waals surface area (Å²) in [6, 6.07) is 5.58. The third kappa shape index (κ3) is 3.80. The van der Waals surface area contributed by atoms with Crippen molar-refractivity contribution in [3.63, 3.8) is 0 Å². The van der Waals surface area contributed by atoms with Crippen LogP contribution >= 0.6 is 11.9 Å². The molecule has 11 nitrogen and oxygen atoms in total. The molecule has 0 aliphatic carbocycles. The Balaban J connectivity index is 2.30. The van der Waals surface area contributed by atoms with Gasteiger partial charge in [-0.25, -0.2) is 5.48 Å². The number of anilines is 1. The molecular formula is C15H14N2O9S. The largest absolute Gasteiger partial charge is 0.504 e. The average molecular weight is 398 g/mol. The van der Waals surface area contributed by atoms with Gasteiger partial charge in [-0.05, 0) is 24.1 Å². The molecule has 27 heavy (non-hydrogen) atoms. The van der Waals surface area contributed by atoms with Gasteiger partial charge in [-0.2, -0.15) is 0 Å². The SMILES string of the molecule is O=C(NO)/C(O)=C(\O)c1cccc(SNc2c(O)c(O)c(O)c(O)c2O)c1. The number of amides is 1. The van der Waals surface area contributed by atoms with Gasteiger partial charge in [0.05, 0.1) is 0 Å². The van der Waals surface area contributed by atoms with Crippen LogP contribution < -0.4 is 10.2 Å². The molecule has 144 valence electrons. The molecule has 0 atom stereocenters. The fraction of sp³-hybridized carbons (Fsp3) is 0. The second kappa shape index (κ2) is 7.72. The number of hydrogen-bond acceptors (Lipinski definition) is 11. The molecule has 0 aliphatic rings. The lowest BCUT2D eigenvalue weighted by Gasteiger charge is -2.13. The molecule has 0 bridgehead atoms. The predicted octanol–water partition coefficient (Wildman–Crippen LogP) is 1.62. The van der Waals surface area contributed by atoms with Crippen molar-refractivity contribution in [2.75, 3.05) is 4.72 Å². The van der Waals surface area contributed by atoms with Gasteiger partial charge in [0, 0.05) is 10.5 Å². The topological polar surface area (TPSA) is 203 Å². The fourth-order valence-electron chi connectivity index (χ4n) is 1.90. The number of nitrogens with one attached hydrogen (secondary N) is 2. The highest BCUT2D eigenvalue weighted by Crippen LogP contribution is 2.54. The molecule has 2 aromatic rings. The van der Waals surface area contributed by atoms with Crippen molar-refractivity contribution in [3.05, 3.63) is 35.6 Å². The Kier molecular flexibility index (Phi) is 5.63. The van der Waals surface area contributed by atoms with E-state index in [-0.39, 0.29) is 5.56 Å². The standard InChI is InChI=1S/C15H14N2O9S/c18-8(14(24)15(25)16-26)5-2-1-3-6(4-5)27-17-7-9(19)11(21)13(23)12(22)10(7)20/h1-4,17-24,26H,(H,16,25)/b14-8+. The van der Waals surface area contributed by atoms with Gasteiger partial charge in [0.25, 0.3) is 0 Å². The molecule has 10 N–H and O–H groups in total. The van der Waals surface area contributed by atoms with Crippen LogP contribution in [0, 0.1) is 0 Å². The van der Waals surface area contributed by atoms with Gasteiger partial charge in [-0.1, -0.05) is 12.1 Å². The van der Waals surface area contributed by atoms with Crippen LogP contribution in [0.25, 0.3) is 5.76 Å². The Morgan fingerprint density at radius 2 is 1.44 bits per heavy atom. The van der Waals surface area contributed by atoms with Gasteiger partial charge >= 0.3 is 5.91 Å². The van der Waals surface area contributed by atoms with Crippen LogP contribution in [-0.4, -0.2) is 46.9 Å². The number of phenols is 5. The molecule has 0 spiro atoms. The van der Waals surface area contributed by atoms with Gasteiger partial charge in [-0.15, -0.1) is 0 Å². The zero-order valence-electron chi connectivity index (χ0n) is 13.2. The minimum absolute atomic E-state index is 0.00672. The number of aliphatic hydroxyl groups excluding tert-OH is 2. The number of phenolic OH excluding ortho intramolecular Hbond substituents is 5. The Bertz CT molecular complexity index is 901. The maximum Gasteiger partial charge on any atom is 0.313 e.